The van der Waals surface area contributed by atoms with Crippen molar-refractivity contribution >= 4 is 5.65 Å². The average molecular weight is 219 g/mol. The van der Waals surface area contributed by atoms with Gasteiger partial charge in [0.05, 0.1) is 7.11 Å². The summed E-state index contributed by atoms with van der Waals surface area (Å²) in [7, 11) is 1.65. The van der Waals surface area contributed by atoms with Gasteiger partial charge in [0.15, 0.2) is 5.65 Å². The highest BCUT2D eigenvalue weighted by Gasteiger charge is 2.07. The zero-order valence-electron chi connectivity index (χ0n) is 9.81. The number of nitrogens with zero attached hydrogens (tertiary/aromatic N) is 3. The maximum Gasteiger partial charge on any atom is 0.216 e. The number of hydrogen-bond donors (Lipinski definition) is 0. The van der Waals surface area contributed by atoms with Gasteiger partial charge in [-0.2, -0.15) is 9.61 Å². The number of ether oxygens (including phenoxy) is 1. The summed E-state index contributed by atoms with van der Waals surface area (Å²) >= 11 is 0. The van der Waals surface area contributed by atoms with Crippen LogP contribution in [0.5, 0.6) is 5.88 Å². The van der Waals surface area contributed by atoms with E-state index >= 15 is 0 Å². The Balaban J connectivity index is 2.29. The Bertz CT molecular complexity index is 464. The van der Waals surface area contributed by atoms with Gasteiger partial charge in [-0.3, -0.25) is 0 Å². The molecule has 0 amide bonds. The Morgan fingerprint density at radius 2 is 2.19 bits per heavy atom. The molecule has 2 rings (SSSR count). The Labute approximate surface area is 95.3 Å². The van der Waals surface area contributed by atoms with E-state index in [1.807, 2.05) is 6.07 Å². The summed E-state index contributed by atoms with van der Waals surface area (Å²) in [6, 6.07) is 4.03. The Hall–Kier alpha value is -1.58. The number of fused-ring (bicyclic) bond motifs is 1. The van der Waals surface area contributed by atoms with Gasteiger partial charge >= 0.3 is 0 Å². The molecular formula is C12H17N3O. The Morgan fingerprint density at radius 3 is 2.94 bits per heavy atom. The summed E-state index contributed by atoms with van der Waals surface area (Å²) in [6.07, 6.45) is 6.32. The van der Waals surface area contributed by atoms with Crippen molar-refractivity contribution in [3.05, 3.63) is 24.0 Å². The molecule has 0 radical (unpaired) electrons. The molecule has 0 bridgehead atoms. The molecule has 0 aliphatic carbocycles. The van der Waals surface area contributed by atoms with Crippen LogP contribution in [-0.4, -0.2) is 21.7 Å². The number of rotatable bonds is 5. The van der Waals surface area contributed by atoms with E-state index in [0.717, 1.165) is 17.9 Å². The van der Waals surface area contributed by atoms with Crippen molar-refractivity contribution in [1.29, 1.82) is 0 Å². The molecule has 0 aromatic carbocycles. The van der Waals surface area contributed by atoms with Crippen LogP contribution in [0.3, 0.4) is 0 Å². The molecule has 4 heteroatoms. The summed E-state index contributed by atoms with van der Waals surface area (Å²) in [4.78, 5) is 4.28. The maximum absolute atomic E-state index is 5.23. The molecule has 0 aliphatic heterocycles. The topological polar surface area (TPSA) is 39.4 Å². The van der Waals surface area contributed by atoms with Crippen LogP contribution in [0.4, 0.5) is 0 Å². The minimum absolute atomic E-state index is 0.728. The van der Waals surface area contributed by atoms with Crippen LogP contribution in [0.1, 0.15) is 31.7 Å². The van der Waals surface area contributed by atoms with Crippen LogP contribution >= 0.6 is 0 Å². The monoisotopic (exact) mass is 219 g/mol. The second-order valence-electron chi connectivity index (χ2n) is 3.85. The zero-order chi connectivity index (χ0) is 11.4. The fraction of sp³-hybridized carbons (Fsp3) is 0.500. The van der Waals surface area contributed by atoms with Gasteiger partial charge in [-0.15, -0.1) is 0 Å². The van der Waals surface area contributed by atoms with E-state index in [2.05, 4.69) is 23.1 Å². The molecule has 0 atom stereocenters. The summed E-state index contributed by atoms with van der Waals surface area (Å²) in [5.41, 5.74) is 2.15. The second-order valence-corrected chi connectivity index (χ2v) is 3.85. The Kier molecular flexibility index (Phi) is 3.39. The van der Waals surface area contributed by atoms with E-state index in [4.69, 9.17) is 4.74 Å². The minimum atomic E-state index is 0.728. The zero-order valence-corrected chi connectivity index (χ0v) is 9.81. The van der Waals surface area contributed by atoms with Crippen LogP contribution in [0.25, 0.3) is 5.65 Å². The van der Waals surface area contributed by atoms with Gasteiger partial charge < -0.3 is 4.74 Å². The molecular weight excluding hydrogens is 202 g/mol. The van der Waals surface area contributed by atoms with Gasteiger partial charge in [0, 0.05) is 6.07 Å². The number of methoxy groups -OCH3 is 1. The molecule has 0 spiro atoms. The smallest absolute Gasteiger partial charge is 0.216 e. The second kappa shape index (κ2) is 4.96. The van der Waals surface area contributed by atoms with Crippen LogP contribution in [-0.2, 0) is 6.42 Å². The normalized spacial score (nSPS) is 10.9. The molecule has 86 valence electrons. The van der Waals surface area contributed by atoms with Crippen LogP contribution < -0.4 is 4.74 Å². The van der Waals surface area contributed by atoms with Crippen molar-refractivity contribution in [1.82, 2.24) is 14.6 Å². The predicted octanol–water partition coefficient (Wildman–Crippen LogP) is 2.47. The highest BCUT2D eigenvalue weighted by atomic mass is 16.5. The SMILES string of the molecule is CCCCCc1ccc(OC)n2ncnc12. The largest absolute Gasteiger partial charge is 0.481 e. The van der Waals surface area contributed by atoms with Gasteiger partial charge in [-0.05, 0) is 24.5 Å². The molecule has 0 fully saturated rings. The lowest BCUT2D eigenvalue weighted by Gasteiger charge is -2.06. The lowest BCUT2D eigenvalue weighted by Crippen LogP contribution is -1.99. The molecule has 0 saturated carbocycles. The van der Waals surface area contributed by atoms with Gasteiger partial charge in [0.2, 0.25) is 5.88 Å². The van der Waals surface area contributed by atoms with E-state index in [-0.39, 0.29) is 0 Å². The number of pyridine rings is 1. The summed E-state index contributed by atoms with van der Waals surface area (Å²) < 4.78 is 6.98. The van der Waals surface area contributed by atoms with Crippen LogP contribution in [0.15, 0.2) is 18.5 Å². The van der Waals surface area contributed by atoms with Crippen LogP contribution in [0.2, 0.25) is 0 Å². The first-order valence-electron chi connectivity index (χ1n) is 5.72. The predicted molar refractivity (Wildman–Crippen MR) is 62.8 cm³/mol. The molecule has 2 heterocycles. The first-order chi connectivity index (χ1) is 7.86. The third-order valence-corrected chi connectivity index (χ3v) is 2.73. The number of aryl methyl sites for hydroxylation is 1. The third-order valence-electron chi connectivity index (χ3n) is 2.73. The van der Waals surface area contributed by atoms with Crippen molar-refractivity contribution in [2.24, 2.45) is 0 Å². The van der Waals surface area contributed by atoms with Crippen molar-refractivity contribution in [2.45, 2.75) is 32.6 Å². The lowest BCUT2D eigenvalue weighted by atomic mass is 10.1. The van der Waals surface area contributed by atoms with Gasteiger partial charge in [0.25, 0.3) is 0 Å². The van der Waals surface area contributed by atoms with Crippen molar-refractivity contribution in [3.63, 3.8) is 0 Å². The highest BCUT2D eigenvalue weighted by molar-refractivity contribution is 5.49. The first kappa shape index (κ1) is 10.9. The highest BCUT2D eigenvalue weighted by Crippen LogP contribution is 2.18. The fourth-order valence-electron chi connectivity index (χ4n) is 1.85. The quantitative estimate of drug-likeness (QED) is 0.725. The number of aromatic nitrogens is 3. The first-order valence-corrected chi connectivity index (χ1v) is 5.72. The van der Waals surface area contributed by atoms with Gasteiger partial charge in [0.1, 0.15) is 6.33 Å². The van der Waals surface area contributed by atoms with Crippen molar-refractivity contribution in [2.75, 3.05) is 7.11 Å². The number of hydrogen-bond acceptors (Lipinski definition) is 3. The van der Waals surface area contributed by atoms with Crippen LogP contribution in [0, 0.1) is 0 Å². The van der Waals surface area contributed by atoms with E-state index in [9.17, 15) is 0 Å². The Morgan fingerprint density at radius 1 is 1.31 bits per heavy atom. The standard InChI is InChI=1S/C12H17N3O/c1-3-4-5-6-10-7-8-11(16-2)15-12(10)13-9-14-15/h7-9H,3-6H2,1-2H3. The lowest BCUT2D eigenvalue weighted by molar-refractivity contribution is 0.385. The molecule has 2 aromatic heterocycles. The molecule has 0 N–H and O–H groups in total. The van der Waals surface area contributed by atoms with Gasteiger partial charge in [-0.1, -0.05) is 19.8 Å². The average Bonchev–Trinajstić information content (AvgIpc) is 2.79. The summed E-state index contributed by atoms with van der Waals surface area (Å²) in [5, 5.41) is 4.16. The summed E-state index contributed by atoms with van der Waals surface area (Å²) in [6.45, 7) is 2.21. The molecule has 0 saturated heterocycles. The van der Waals surface area contributed by atoms with E-state index in [1.165, 1.54) is 24.8 Å². The van der Waals surface area contributed by atoms with E-state index in [0.29, 0.717) is 0 Å². The van der Waals surface area contributed by atoms with Crippen molar-refractivity contribution < 1.29 is 4.74 Å². The molecule has 16 heavy (non-hydrogen) atoms. The molecule has 0 aliphatic rings. The molecule has 0 unspecified atom stereocenters. The van der Waals surface area contributed by atoms with Crippen molar-refractivity contribution in [3.8, 4) is 5.88 Å². The molecule has 4 nitrogen and oxygen atoms in total. The van der Waals surface area contributed by atoms with E-state index < -0.39 is 0 Å². The minimum Gasteiger partial charge on any atom is -0.481 e. The molecule has 2 aromatic rings. The third kappa shape index (κ3) is 2.01. The van der Waals surface area contributed by atoms with E-state index in [1.54, 1.807) is 18.0 Å². The fourth-order valence-corrected chi connectivity index (χ4v) is 1.85. The maximum atomic E-state index is 5.23. The summed E-state index contributed by atoms with van der Waals surface area (Å²) in [5.74, 6) is 0.728. The number of unbranched alkanes of at least 4 members (excludes halogenated alkanes) is 2. The van der Waals surface area contributed by atoms with Gasteiger partial charge in [-0.25, -0.2) is 4.98 Å².